The van der Waals surface area contributed by atoms with Crippen LogP contribution in [0.5, 0.6) is 0 Å². The van der Waals surface area contributed by atoms with Gasteiger partial charge in [-0.05, 0) is 19.8 Å². The highest BCUT2D eigenvalue weighted by Crippen LogP contribution is 2.35. The minimum Gasteiger partial charge on any atom is -0.366 e. The molecule has 1 saturated heterocycles. The van der Waals surface area contributed by atoms with Gasteiger partial charge in [0.15, 0.2) is 5.78 Å². The van der Waals surface area contributed by atoms with E-state index in [1.165, 1.54) is 6.92 Å². The van der Waals surface area contributed by atoms with Gasteiger partial charge in [-0.1, -0.05) is 12.8 Å². The molecule has 1 saturated carbocycles. The molecule has 3 nitrogen and oxygen atoms in total. The molecule has 0 amide bonds. The molecule has 0 spiro atoms. The van der Waals surface area contributed by atoms with Crippen LogP contribution in [0.3, 0.4) is 0 Å². The van der Waals surface area contributed by atoms with Crippen molar-refractivity contribution >= 4 is 11.6 Å². The molecule has 2 rings (SSSR count). The van der Waals surface area contributed by atoms with Gasteiger partial charge in [0.25, 0.3) is 0 Å². The van der Waals surface area contributed by atoms with Crippen LogP contribution in [0.2, 0.25) is 0 Å². The number of Topliss-reactive ketones (excluding diaryl/α,β-unsaturated/α-hetero) is 2. The molecule has 0 bridgehead atoms. The summed E-state index contributed by atoms with van der Waals surface area (Å²) in [6.45, 7) is 1.51. The standard InChI is InChI=1S/C11H16O3/c1-7(12)6-10-11(13)8-4-2-3-5-9(8)14-10/h8-10H,2-6H2,1H3/t8-,9+,10?/m1/s1. The van der Waals surface area contributed by atoms with Crippen molar-refractivity contribution in [3.05, 3.63) is 0 Å². The normalized spacial score (nSPS) is 36.9. The second-order valence-electron chi connectivity index (χ2n) is 4.36. The Labute approximate surface area is 83.8 Å². The second-order valence-corrected chi connectivity index (χ2v) is 4.36. The predicted molar refractivity (Wildman–Crippen MR) is 50.9 cm³/mol. The smallest absolute Gasteiger partial charge is 0.167 e. The molecule has 0 aromatic rings. The number of ether oxygens (including phenoxy) is 1. The molecule has 14 heavy (non-hydrogen) atoms. The van der Waals surface area contributed by atoms with E-state index in [4.69, 9.17) is 4.74 Å². The molecule has 1 unspecified atom stereocenters. The maximum Gasteiger partial charge on any atom is 0.167 e. The number of carbonyl (C=O) groups is 2. The van der Waals surface area contributed by atoms with Gasteiger partial charge >= 0.3 is 0 Å². The van der Waals surface area contributed by atoms with Gasteiger partial charge in [0.05, 0.1) is 6.10 Å². The fourth-order valence-corrected chi connectivity index (χ4v) is 2.51. The van der Waals surface area contributed by atoms with Crippen molar-refractivity contribution in [1.29, 1.82) is 0 Å². The molecule has 0 radical (unpaired) electrons. The van der Waals surface area contributed by atoms with Gasteiger partial charge in [0, 0.05) is 12.3 Å². The van der Waals surface area contributed by atoms with Gasteiger partial charge in [-0.2, -0.15) is 0 Å². The first-order valence-corrected chi connectivity index (χ1v) is 5.37. The van der Waals surface area contributed by atoms with E-state index in [1.807, 2.05) is 0 Å². The maximum atomic E-state index is 11.8. The quantitative estimate of drug-likeness (QED) is 0.672. The van der Waals surface area contributed by atoms with E-state index in [-0.39, 0.29) is 30.0 Å². The van der Waals surface area contributed by atoms with Gasteiger partial charge in [0.1, 0.15) is 11.9 Å². The van der Waals surface area contributed by atoms with Crippen molar-refractivity contribution in [1.82, 2.24) is 0 Å². The van der Waals surface area contributed by atoms with Crippen LogP contribution >= 0.6 is 0 Å². The lowest BCUT2D eigenvalue weighted by Gasteiger charge is -2.21. The lowest BCUT2D eigenvalue weighted by atomic mass is 9.84. The first kappa shape index (κ1) is 9.84. The van der Waals surface area contributed by atoms with Gasteiger partial charge in [-0.25, -0.2) is 0 Å². The minimum absolute atomic E-state index is 0.0435. The topological polar surface area (TPSA) is 43.4 Å². The van der Waals surface area contributed by atoms with Crippen LogP contribution in [0.4, 0.5) is 0 Å². The summed E-state index contributed by atoms with van der Waals surface area (Å²) in [5.74, 6) is 0.306. The first-order chi connectivity index (χ1) is 6.68. The largest absolute Gasteiger partial charge is 0.366 e. The highest BCUT2D eigenvalue weighted by atomic mass is 16.5. The van der Waals surface area contributed by atoms with Crippen molar-refractivity contribution in [3.63, 3.8) is 0 Å². The summed E-state index contributed by atoms with van der Waals surface area (Å²) in [4.78, 5) is 22.7. The Morgan fingerprint density at radius 2 is 2.14 bits per heavy atom. The lowest BCUT2D eigenvalue weighted by Crippen LogP contribution is -2.25. The summed E-state index contributed by atoms with van der Waals surface area (Å²) in [7, 11) is 0. The van der Waals surface area contributed by atoms with Crippen LogP contribution in [-0.2, 0) is 14.3 Å². The van der Waals surface area contributed by atoms with E-state index in [9.17, 15) is 9.59 Å². The number of fused-ring (bicyclic) bond motifs is 1. The summed E-state index contributed by atoms with van der Waals surface area (Å²) in [5, 5.41) is 0. The van der Waals surface area contributed by atoms with Crippen molar-refractivity contribution < 1.29 is 14.3 Å². The third kappa shape index (κ3) is 1.73. The second kappa shape index (κ2) is 3.81. The van der Waals surface area contributed by atoms with Gasteiger partial charge in [-0.3, -0.25) is 9.59 Å². The molecule has 1 aliphatic carbocycles. The van der Waals surface area contributed by atoms with Crippen molar-refractivity contribution in [3.8, 4) is 0 Å². The Kier molecular flexibility index (Phi) is 2.68. The molecule has 2 fully saturated rings. The van der Waals surface area contributed by atoms with Crippen molar-refractivity contribution in [2.45, 2.75) is 51.2 Å². The molecule has 3 heteroatoms. The highest BCUT2D eigenvalue weighted by molar-refractivity contribution is 5.92. The van der Waals surface area contributed by atoms with E-state index >= 15 is 0 Å². The molecule has 78 valence electrons. The molecule has 0 aromatic heterocycles. The van der Waals surface area contributed by atoms with E-state index in [0.717, 1.165) is 25.7 Å². The molecule has 0 N–H and O–H groups in total. The summed E-state index contributed by atoms with van der Waals surface area (Å²) in [5.41, 5.74) is 0. The molecule has 3 atom stereocenters. The number of hydrogen-bond acceptors (Lipinski definition) is 3. The van der Waals surface area contributed by atoms with Gasteiger partial charge in [-0.15, -0.1) is 0 Å². The zero-order valence-electron chi connectivity index (χ0n) is 8.49. The van der Waals surface area contributed by atoms with Crippen LogP contribution in [0, 0.1) is 5.92 Å². The monoisotopic (exact) mass is 196 g/mol. The number of hydrogen-bond donors (Lipinski definition) is 0. The van der Waals surface area contributed by atoms with E-state index < -0.39 is 6.10 Å². The molecule has 2 aliphatic rings. The maximum absolute atomic E-state index is 11.8. The fourth-order valence-electron chi connectivity index (χ4n) is 2.51. The Morgan fingerprint density at radius 3 is 2.79 bits per heavy atom. The lowest BCUT2D eigenvalue weighted by molar-refractivity contribution is -0.129. The summed E-state index contributed by atoms with van der Waals surface area (Å²) >= 11 is 0. The van der Waals surface area contributed by atoms with Gasteiger partial charge < -0.3 is 4.74 Å². The minimum atomic E-state index is -0.430. The third-order valence-corrected chi connectivity index (χ3v) is 3.20. The zero-order valence-corrected chi connectivity index (χ0v) is 8.49. The fraction of sp³-hybridized carbons (Fsp3) is 0.818. The van der Waals surface area contributed by atoms with E-state index in [1.54, 1.807) is 0 Å². The van der Waals surface area contributed by atoms with Crippen molar-refractivity contribution in [2.75, 3.05) is 0 Å². The summed E-state index contributed by atoms with van der Waals surface area (Å²) < 4.78 is 5.62. The molecular weight excluding hydrogens is 180 g/mol. The average molecular weight is 196 g/mol. The Bertz CT molecular complexity index is 259. The third-order valence-electron chi connectivity index (χ3n) is 3.20. The van der Waals surface area contributed by atoms with E-state index in [2.05, 4.69) is 0 Å². The van der Waals surface area contributed by atoms with Gasteiger partial charge in [0.2, 0.25) is 0 Å². The Balaban J connectivity index is 2.02. The number of ketones is 2. The summed E-state index contributed by atoms with van der Waals surface area (Å²) in [6.07, 6.45) is 4.18. The average Bonchev–Trinajstić information content (AvgIpc) is 2.44. The number of carbonyl (C=O) groups excluding carboxylic acids is 2. The molecule has 1 aliphatic heterocycles. The van der Waals surface area contributed by atoms with Crippen LogP contribution in [-0.4, -0.2) is 23.8 Å². The predicted octanol–water partition coefficient (Wildman–Crippen LogP) is 1.49. The van der Waals surface area contributed by atoms with Crippen LogP contribution in [0.25, 0.3) is 0 Å². The van der Waals surface area contributed by atoms with Crippen LogP contribution in [0.15, 0.2) is 0 Å². The molecule has 1 heterocycles. The highest BCUT2D eigenvalue weighted by Gasteiger charge is 2.44. The molecule has 0 aromatic carbocycles. The Morgan fingerprint density at radius 1 is 1.43 bits per heavy atom. The summed E-state index contributed by atoms with van der Waals surface area (Å²) in [6, 6.07) is 0. The Hall–Kier alpha value is -0.700. The molecular formula is C11H16O3. The van der Waals surface area contributed by atoms with Crippen LogP contribution in [0.1, 0.15) is 39.0 Å². The SMILES string of the molecule is CC(=O)CC1O[C@H]2CCCC[C@H]2C1=O. The first-order valence-electron chi connectivity index (χ1n) is 5.37. The van der Waals surface area contributed by atoms with Crippen molar-refractivity contribution in [2.24, 2.45) is 5.92 Å². The number of rotatable bonds is 2. The zero-order chi connectivity index (χ0) is 10.1. The van der Waals surface area contributed by atoms with E-state index in [0.29, 0.717) is 0 Å². The van der Waals surface area contributed by atoms with Crippen LogP contribution < -0.4 is 0 Å².